The number of nitrogens with zero attached hydrogens (tertiary/aromatic N) is 3. The van der Waals surface area contributed by atoms with E-state index in [9.17, 15) is 0 Å². The monoisotopic (exact) mass is 188 g/mol. The van der Waals surface area contributed by atoms with Gasteiger partial charge in [-0.3, -0.25) is 0 Å². The smallest absolute Gasteiger partial charge is 0.152 e. The Labute approximate surface area is 82.1 Å². The van der Waals surface area contributed by atoms with Crippen LogP contribution in [-0.4, -0.2) is 14.5 Å². The highest BCUT2D eigenvalue weighted by Gasteiger charge is 2.10. The molecule has 2 aromatic heterocycles. The lowest BCUT2D eigenvalue weighted by atomic mass is 10.1. The zero-order valence-electron chi connectivity index (χ0n) is 8.28. The third-order valence-corrected chi connectivity index (χ3v) is 2.35. The van der Waals surface area contributed by atoms with Gasteiger partial charge in [-0.2, -0.15) is 0 Å². The molecular weight excluding hydrogens is 176 g/mol. The number of nitrogens with two attached hydrogens (primary N) is 1. The summed E-state index contributed by atoms with van der Waals surface area (Å²) in [6.45, 7) is 5.70. The lowest BCUT2D eigenvalue weighted by Gasteiger charge is -2.05. The summed E-state index contributed by atoms with van der Waals surface area (Å²) in [5.41, 5.74) is 9.44. The van der Waals surface area contributed by atoms with E-state index in [1.54, 1.807) is 12.4 Å². The van der Waals surface area contributed by atoms with Crippen LogP contribution in [0.15, 0.2) is 12.9 Å². The van der Waals surface area contributed by atoms with Gasteiger partial charge in [-0.1, -0.05) is 6.58 Å². The van der Waals surface area contributed by atoms with Gasteiger partial charge in [0.2, 0.25) is 0 Å². The number of hydrogen-bond acceptors (Lipinski definition) is 3. The fraction of sp³-hybridized carbons (Fsp3) is 0.200. The van der Waals surface area contributed by atoms with Gasteiger partial charge in [0.1, 0.15) is 5.52 Å². The molecule has 14 heavy (non-hydrogen) atoms. The summed E-state index contributed by atoms with van der Waals surface area (Å²) >= 11 is 0. The van der Waals surface area contributed by atoms with Crippen molar-refractivity contribution in [1.29, 1.82) is 0 Å². The molecule has 0 atom stereocenters. The van der Waals surface area contributed by atoms with Gasteiger partial charge in [-0.25, -0.2) is 9.97 Å². The van der Waals surface area contributed by atoms with E-state index in [2.05, 4.69) is 16.5 Å². The highest BCUT2D eigenvalue weighted by molar-refractivity contribution is 5.89. The predicted octanol–water partition coefficient (Wildman–Crippen LogP) is 1.50. The zero-order valence-corrected chi connectivity index (χ0v) is 8.28. The van der Waals surface area contributed by atoms with Crippen molar-refractivity contribution in [3.63, 3.8) is 0 Å². The fourth-order valence-corrected chi connectivity index (χ4v) is 1.65. The van der Waals surface area contributed by atoms with Crippen LogP contribution in [-0.2, 0) is 7.05 Å². The number of fused-ring (bicyclic) bond motifs is 1. The van der Waals surface area contributed by atoms with Gasteiger partial charge in [-0.15, -0.1) is 0 Å². The summed E-state index contributed by atoms with van der Waals surface area (Å²) in [4.78, 5) is 8.41. The molecule has 0 aliphatic heterocycles. The van der Waals surface area contributed by atoms with Crippen LogP contribution in [0.3, 0.4) is 0 Å². The van der Waals surface area contributed by atoms with Crippen molar-refractivity contribution in [2.24, 2.45) is 7.05 Å². The number of aromatic nitrogens is 3. The Hall–Kier alpha value is -1.84. The van der Waals surface area contributed by atoms with Gasteiger partial charge >= 0.3 is 0 Å². The molecule has 72 valence electrons. The number of pyridine rings is 1. The molecular formula is C10H12N4. The Bertz CT molecular complexity index is 510. The Balaban J connectivity index is 2.98. The van der Waals surface area contributed by atoms with E-state index in [0.717, 1.165) is 22.3 Å². The molecule has 2 rings (SSSR count). The minimum Gasteiger partial charge on any atom is -0.382 e. The van der Waals surface area contributed by atoms with Gasteiger partial charge in [0.05, 0.1) is 17.5 Å². The lowest BCUT2D eigenvalue weighted by Crippen LogP contribution is -1.98. The summed E-state index contributed by atoms with van der Waals surface area (Å²) in [7, 11) is 1.94. The van der Waals surface area contributed by atoms with Crippen molar-refractivity contribution in [2.75, 3.05) is 5.73 Å². The molecule has 0 amide bonds. The third-order valence-electron chi connectivity index (χ3n) is 2.35. The second-order valence-electron chi connectivity index (χ2n) is 3.26. The van der Waals surface area contributed by atoms with Gasteiger partial charge in [0, 0.05) is 12.6 Å². The predicted molar refractivity (Wildman–Crippen MR) is 57.7 cm³/mol. The molecule has 0 radical (unpaired) electrons. The van der Waals surface area contributed by atoms with Crippen molar-refractivity contribution in [3.8, 4) is 0 Å². The van der Waals surface area contributed by atoms with E-state index < -0.39 is 0 Å². The van der Waals surface area contributed by atoms with E-state index in [4.69, 9.17) is 5.73 Å². The quantitative estimate of drug-likeness (QED) is 0.737. The van der Waals surface area contributed by atoms with Crippen LogP contribution >= 0.6 is 0 Å². The number of aryl methyl sites for hydroxylation is 2. The minimum absolute atomic E-state index is 0.459. The van der Waals surface area contributed by atoms with Crippen molar-refractivity contribution in [1.82, 2.24) is 14.5 Å². The largest absolute Gasteiger partial charge is 0.382 e. The lowest BCUT2D eigenvalue weighted by molar-refractivity contribution is 0.942. The van der Waals surface area contributed by atoms with E-state index in [1.165, 1.54) is 0 Å². The molecule has 0 aliphatic rings. The first-order chi connectivity index (χ1) is 6.65. The van der Waals surface area contributed by atoms with Gasteiger partial charge in [0.25, 0.3) is 0 Å². The highest BCUT2D eigenvalue weighted by atomic mass is 15.0. The molecule has 0 unspecified atom stereocenters. The molecule has 4 nitrogen and oxygen atoms in total. The molecule has 2 heterocycles. The molecule has 0 aliphatic carbocycles. The van der Waals surface area contributed by atoms with Crippen molar-refractivity contribution in [2.45, 2.75) is 6.92 Å². The summed E-state index contributed by atoms with van der Waals surface area (Å²) < 4.78 is 1.94. The molecule has 0 bridgehead atoms. The Morgan fingerprint density at radius 2 is 2.29 bits per heavy atom. The first kappa shape index (κ1) is 8.74. The van der Waals surface area contributed by atoms with Crippen LogP contribution in [0.5, 0.6) is 0 Å². The first-order valence-electron chi connectivity index (χ1n) is 4.34. The minimum atomic E-state index is 0.459. The maximum Gasteiger partial charge on any atom is 0.152 e. The Morgan fingerprint density at radius 1 is 1.57 bits per heavy atom. The normalized spacial score (nSPS) is 10.7. The zero-order chi connectivity index (χ0) is 10.3. The first-order valence-corrected chi connectivity index (χ1v) is 4.34. The van der Waals surface area contributed by atoms with Crippen LogP contribution in [0.4, 0.5) is 5.82 Å². The number of imidazole rings is 1. The molecule has 0 fully saturated rings. The topological polar surface area (TPSA) is 56.7 Å². The average Bonchev–Trinajstić information content (AvgIpc) is 2.54. The van der Waals surface area contributed by atoms with Crippen molar-refractivity contribution in [3.05, 3.63) is 24.2 Å². The number of rotatable bonds is 1. The second kappa shape index (κ2) is 2.83. The van der Waals surface area contributed by atoms with E-state index >= 15 is 0 Å². The van der Waals surface area contributed by atoms with Gasteiger partial charge in [0.15, 0.2) is 5.82 Å². The number of nitrogen functional groups attached to an aromatic ring is 1. The second-order valence-corrected chi connectivity index (χ2v) is 3.26. The molecule has 2 N–H and O–H groups in total. The number of anilines is 1. The van der Waals surface area contributed by atoms with Crippen LogP contribution in [0.25, 0.3) is 17.1 Å². The van der Waals surface area contributed by atoms with Crippen LogP contribution in [0.2, 0.25) is 0 Å². The van der Waals surface area contributed by atoms with E-state index in [0.29, 0.717) is 5.82 Å². The molecule has 0 saturated carbocycles. The van der Waals surface area contributed by atoms with E-state index in [-0.39, 0.29) is 0 Å². The summed E-state index contributed by atoms with van der Waals surface area (Å²) in [6.07, 6.45) is 3.45. The fourth-order valence-electron chi connectivity index (χ4n) is 1.65. The Morgan fingerprint density at radius 3 is 2.93 bits per heavy atom. The van der Waals surface area contributed by atoms with Crippen LogP contribution in [0, 0.1) is 6.92 Å². The van der Waals surface area contributed by atoms with E-state index in [1.807, 2.05) is 18.5 Å². The van der Waals surface area contributed by atoms with Crippen LogP contribution in [0.1, 0.15) is 11.3 Å². The Kier molecular flexibility index (Phi) is 1.77. The van der Waals surface area contributed by atoms with Gasteiger partial charge in [-0.05, 0) is 13.0 Å². The third kappa shape index (κ3) is 1.00. The summed E-state index contributed by atoms with van der Waals surface area (Å²) in [5.74, 6) is 0.459. The summed E-state index contributed by atoms with van der Waals surface area (Å²) in [6, 6.07) is 0. The highest BCUT2D eigenvalue weighted by Crippen LogP contribution is 2.23. The molecule has 4 heteroatoms. The van der Waals surface area contributed by atoms with Crippen molar-refractivity contribution < 1.29 is 0 Å². The molecule has 2 aromatic rings. The van der Waals surface area contributed by atoms with Crippen molar-refractivity contribution >= 4 is 22.9 Å². The standard InChI is InChI=1S/C10H12N4/c1-4-7-6(2)9-8(10(11)13-7)12-5-14(9)3/h4-5H,1H2,2-3H3,(H2,11,13). The summed E-state index contributed by atoms with van der Waals surface area (Å²) in [5, 5.41) is 0. The molecule has 0 spiro atoms. The molecule has 0 saturated heterocycles. The maximum absolute atomic E-state index is 5.78. The SMILES string of the molecule is C=Cc1nc(N)c2ncn(C)c2c1C. The number of hydrogen-bond donors (Lipinski definition) is 1. The average molecular weight is 188 g/mol. The van der Waals surface area contributed by atoms with Gasteiger partial charge < -0.3 is 10.3 Å². The maximum atomic E-state index is 5.78. The van der Waals surface area contributed by atoms with Crippen LogP contribution < -0.4 is 5.73 Å². The molecule has 0 aromatic carbocycles.